The van der Waals surface area contributed by atoms with Crippen LogP contribution in [-0.2, 0) is 19.1 Å². The van der Waals surface area contributed by atoms with Crippen LogP contribution in [0.25, 0.3) is 0 Å². The minimum absolute atomic E-state index is 0.136. The number of carbonyl (C=O) groups excluding carboxylic acids is 2. The monoisotopic (exact) mass is 224 g/mol. The van der Waals surface area contributed by atoms with Crippen molar-refractivity contribution in [2.24, 2.45) is 11.8 Å². The molecule has 0 spiro atoms. The van der Waals surface area contributed by atoms with E-state index in [1.807, 2.05) is 12.2 Å². The highest BCUT2D eigenvalue weighted by molar-refractivity contribution is 5.67. The van der Waals surface area contributed by atoms with E-state index >= 15 is 0 Å². The van der Waals surface area contributed by atoms with Gasteiger partial charge in [-0.25, -0.2) is 0 Å². The lowest BCUT2D eigenvalue weighted by molar-refractivity contribution is -0.160. The molecule has 0 bridgehead atoms. The Morgan fingerprint density at radius 1 is 0.938 bits per heavy atom. The van der Waals surface area contributed by atoms with Gasteiger partial charge in [0.1, 0.15) is 12.2 Å². The predicted octanol–water partition coefficient (Wildman–Crippen LogP) is 1.45. The molecule has 4 heteroatoms. The molecule has 0 aromatic rings. The first-order valence-corrected chi connectivity index (χ1v) is 5.60. The smallest absolute Gasteiger partial charge is 0.303 e. The van der Waals surface area contributed by atoms with Crippen molar-refractivity contribution >= 4 is 11.9 Å². The average Bonchev–Trinajstić information content (AvgIpc) is 2.07. The van der Waals surface area contributed by atoms with Gasteiger partial charge in [0, 0.05) is 25.7 Å². The van der Waals surface area contributed by atoms with Crippen LogP contribution in [0.3, 0.4) is 0 Å². The van der Waals surface area contributed by atoms with Gasteiger partial charge in [-0.15, -0.1) is 0 Å². The first-order chi connectivity index (χ1) is 7.58. The van der Waals surface area contributed by atoms with Gasteiger partial charge in [-0.1, -0.05) is 0 Å². The molecule has 1 fully saturated rings. The van der Waals surface area contributed by atoms with Crippen molar-refractivity contribution in [2.75, 3.05) is 0 Å². The number of esters is 2. The number of carbonyl (C=O) groups is 2. The molecular formula is C12H16O4. The zero-order valence-electron chi connectivity index (χ0n) is 9.51. The lowest BCUT2D eigenvalue weighted by atomic mass is 9.65. The molecule has 0 radical (unpaired) electrons. The standard InChI is InChI=1S/C12H16O4/c1-7(13)15-11-5-6-12(16-8(2)14)10-4-3-9(10)11/h5-6,9-12H,3-4H2,1-2H3/t9-,10+,11-,12+. The van der Waals surface area contributed by atoms with E-state index in [4.69, 9.17) is 9.47 Å². The number of hydrogen-bond donors (Lipinski definition) is 0. The van der Waals surface area contributed by atoms with Crippen molar-refractivity contribution in [3.05, 3.63) is 12.2 Å². The fourth-order valence-corrected chi connectivity index (χ4v) is 2.51. The van der Waals surface area contributed by atoms with E-state index in [0.29, 0.717) is 11.8 Å². The first-order valence-electron chi connectivity index (χ1n) is 5.60. The zero-order valence-corrected chi connectivity index (χ0v) is 9.51. The van der Waals surface area contributed by atoms with E-state index in [0.717, 1.165) is 12.8 Å². The number of hydrogen-bond acceptors (Lipinski definition) is 4. The van der Waals surface area contributed by atoms with E-state index in [-0.39, 0.29) is 24.1 Å². The minimum Gasteiger partial charge on any atom is -0.458 e. The Morgan fingerprint density at radius 2 is 1.31 bits per heavy atom. The highest BCUT2D eigenvalue weighted by atomic mass is 16.6. The third-order valence-electron chi connectivity index (χ3n) is 3.32. The van der Waals surface area contributed by atoms with Gasteiger partial charge in [-0.3, -0.25) is 9.59 Å². The van der Waals surface area contributed by atoms with Gasteiger partial charge in [0.15, 0.2) is 0 Å². The third kappa shape index (κ3) is 2.10. The summed E-state index contributed by atoms with van der Waals surface area (Å²) in [4.78, 5) is 21.8. The Kier molecular flexibility index (Phi) is 2.99. The molecule has 4 nitrogen and oxygen atoms in total. The Labute approximate surface area is 94.6 Å². The van der Waals surface area contributed by atoms with Crippen LogP contribution in [0.4, 0.5) is 0 Å². The van der Waals surface area contributed by atoms with E-state index in [2.05, 4.69) is 0 Å². The van der Waals surface area contributed by atoms with Gasteiger partial charge in [0.05, 0.1) is 0 Å². The van der Waals surface area contributed by atoms with Gasteiger partial charge >= 0.3 is 11.9 Å². The summed E-state index contributed by atoms with van der Waals surface area (Å²) in [5.41, 5.74) is 0. The summed E-state index contributed by atoms with van der Waals surface area (Å²) in [5, 5.41) is 0. The lowest BCUT2D eigenvalue weighted by Gasteiger charge is -2.45. The Morgan fingerprint density at radius 3 is 1.56 bits per heavy atom. The summed E-state index contributed by atoms with van der Waals surface area (Å²) in [6.07, 6.45) is 5.48. The molecule has 1 saturated carbocycles. The number of ether oxygens (including phenoxy) is 2. The van der Waals surface area contributed by atoms with E-state index in [1.165, 1.54) is 13.8 Å². The first kappa shape index (κ1) is 11.2. The van der Waals surface area contributed by atoms with E-state index < -0.39 is 0 Å². The van der Waals surface area contributed by atoms with Crippen molar-refractivity contribution in [1.29, 1.82) is 0 Å². The average molecular weight is 224 g/mol. The second-order valence-corrected chi connectivity index (χ2v) is 4.44. The molecular weight excluding hydrogens is 208 g/mol. The van der Waals surface area contributed by atoms with Gasteiger partial charge in [-0.2, -0.15) is 0 Å². The molecule has 0 amide bonds. The second-order valence-electron chi connectivity index (χ2n) is 4.44. The topological polar surface area (TPSA) is 52.6 Å². The maximum absolute atomic E-state index is 10.9. The van der Waals surface area contributed by atoms with E-state index in [1.54, 1.807) is 0 Å². The fraction of sp³-hybridized carbons (Fsp3) is 0.667. The summed E-state index contributed by atoms with van der Waals surface area (Å²) in [6, 6.07) is 0. The van der Waals surface area contributed by atoms with Crippen LogP contribution in [0.1, 0.15) is 26.7 Å². The summed E-state index contributed by atoms with van der Waals surface area (Å²) in [5.74, 6) is 0.119. The van der Waals surface area contributed by atoms with Crippen LogP contribution >= 0.6 is 0 Å². The molecule has 16 heavy (non-hydrogen) atoms. The highest BCUT2D eigenvalue weighted by Gasteiger charge is 2.45. The molecule has 2 aliphatic rings. The van der Waals surface area contributed by atoms with Crippen LogP contribution in [-0.4, -0.2) is 24.1 Å². The molecule has 0 aromatic carbocycles. The molecule has 0 N–H and O–H groups in total. The number of rotatable bonds is 2. The zero-order chi connectivity index (χ0) is 11.7. The highest BCUT2D eigenvalue weighted by Crippen LogP contribution is 2.44. The van der Waals surface area contributed by atoms with Crippen LogP contribution in [0.2, 0.25) is 0 Å². The van der Waals surface area contributed by atoms with Crippen LogP contribution in [0.15, 0.2) is 12.2 Å². The Hall–Kier alpha value is -1.32. The quantitative estimate of drug-likeness (QED) is 0.526. The second kappa shape index (κ2) is 4.28. The van der Waals surface area contributed by atoms with E-state index in [9.17, 15) is 9.59 Å². The Balaban J connectivity index is 2.03. The lowest BCUT2D eigenvalue weighted by Crippen LogP contribution is -2.47. The largest absolute Gasteiger partial charge is 0.458 e. The molecule has 0 aromatic heterocycles. The van der Waals surface area contributed by atoms with Crippen molar-refractivity contribution in [2.45, 2.75) is 38.9 Å². The summed E-state index contributed by atoms with van der Waals surface area (Å²) in [7, 11) is 0. The fourth-order valence-electron chi connectivity index (χ4n) is 2.51. The normalized spacial score (nSPS) is 35.9. The Bertz CT molecular complexity index is 302. The van der Waals surface area contributed by atoms with Crippen molar-refractivity contribution in [3.63, 3.8) is 0 Å². The van der Waals surface area contributed by atoms with Gasteiger partial charge in [0.2, 0.25) is 0 Å². The SMILES string of the molecule is CC(=O)O[C@H]1C=C[C@@H](OC(C)=O)[C@@H]2CC[C@@H]21. The number of fused-ring (bicyclic) bond motifs is 1. The van der Waals surface area contributed by atoms with Crippen LogP contribution < -0.4 is 0 Å². The van der Waals surface area contributed by atoms with Crippen molar-refractivity contribution in [3.8, 4) is 0 Å². The maximum atomic E-state index is 10.9. The van der Waals surface area contributed by atoms with Crippen LogP contribution in [0, 0.1) is 11.8 Å². The van der Waals surface area contributed by atoms with Crippen molar-refractivity contribution < 1.29 is 19.1 Å². The van der Waals surface area contributed by atoms with Crippen LogP contribution in [0.5, 0.6) is 0 Å². The molecule has 2 aliphatic carbocycles. The summed E-state index contributed by atoms with van der Waals surface area (Å²) >= 11 is 0. The van der Waals surface area contributed by atoms with Gasteiger partial charge in [-0.05, 0) is 25.0 Å². The molecule has 4 atom stereocenters. The predicted molar refractivity (Wildman–Crippen MR) is 56.5 cm³/mol. The summed E-state index contributed by atoms with van der Waals surface area (Å²) in [6.45, 7) is 2.83. The molecule has 0 aliphatic heterocycles. The minimum atomic E-state index is -0.258. The molecule has 2 rings (SSSR count). The van der Waals surface area contributed by atoms with Crippen molar-refractivity contribution in [1.82, 2.24) is 0 Å². The summed E-state index contributed by atoms with van der Waals surface area (Å²) < 4.78 is 10.4. The maximum Gasteiger partial charge on any atom is 0.303 e. The molecule has 0 heterocycles. The van der Waals surface area contributed by atoms with Gasteiger partial charge in [0.25, 0.3) is 0 Å². The molecule has 88 valence electrons. The third-order valence-corrected chi connectivity index (χ3v) is 3.32. The molecule has 0 unspecified atom stereocenters. The van der Waals surface area contributed by atoms with Gasteiger partial charge < -0.3 is 9.47 Å². The molecule has 0 saturated heterocycles.